The summed E-state index contributed by atoms with van der Waals surface area (Å²) in [7, 11) is 0. The van der Waals surface area contributed by atoms with E-state index in [9.17, 15) is 4.79 Å². The van der Waals surface area contributed by atoms with Crippen LogP contribution in [0.2, 0.25) is 0 Å². The van der Waals surface area contributed by atoms with Crippen molar-refractivity contribution in [3.63, 3.8) is 0 Å². The van der Waals surface area contributed by atoms with Gasteiger partial charge in [-0.3, -0.25) is 0 Å². The summed E-state index contributed by atoms with van der Waals surface area (Å²) in [5, 5.41) is 6.98. The van der Waals surface area contributed by atoms with E-state index in [1.54, 1.807) is 41.7 Å². The minimum atomic E-state index is -0.440. The molecule has 0 unspecified atom stereocenters. The van der Waals surface area contributed by atoms with Crippen molar-refractivity contribution in [3.05, 3.63) is 88.1 Å². The third kappa shape index (κ3) is 4.89. The van der Waals surface area contributed by atoms with Crippen molar-refractivity contribution >= 4 is 17.3 Å². The quantitative estimate of drug-likeness (QED) is 0.400. The zero-order valence-electron chi connectivity index (χ0n) is 15.7. The van der Waals surface area contributed by atoms with E-state index >= 15 is 0 Å². The number of hydrogen-bond donors (Lipinski definition) is 0. The third-order valence-electron chi connectivity index (χ3n) is 4.12. The maximum atomic E-state index is 12.3. The number of hydrogen-bond acceptors (Lipinski definition) is 7. The zero-order valence-corrected chi connectivity index (χ0v) is 16.5. The Kier molecular flexibility index (Phi) is 5.67. The highest BCUT2D eigenvalue weighted by atomic mass is 32.1. The van der Waals surface area contributed by atoms with Crippen LogP contribution in [0.3, 0.4) is 0 Å². The zero-order chi connectivity index (χ0) is 20.1. The van der Waals surface area contributed by atoms with Crippen LogP contribution in [-0.4, -0.2) is 16.1 Å². The lowest BCUT2D eigenvalue weighted by Gasteiger charge is -2.06. The summed E-state index contributed by atoms with van der Waals surface area (Å²) in [6.07, 6.45) is 0. The van der Waals surface area contributed by atoms with E-state index in [1.165, 1.54) is 0 Å². The Hall–Kier alpha value is -3.45. The van der Waals surface area contributed by atoms with E-state index in [0.717, 1.165) is 16.3 Å². The Balaban J connectivity index is 1.30. The van der Waals surface area contributed by atoms with E-state index < -0.39 is 5.97 Å². The monoisotopic (exact) mass is 406 g/mol. The molecule has 0 saturated carbocycles. The van der Waals surface area contributed by atoms with Crippen LogP contribution in [0, 0.1) is 6.92 Å². The van der Waals surface area contributed by atoms with Crippen molar-refractivity contribution < 1.29 is 18.8 Å². The van der Waals surface area contributed by atoms with Crippen LogP contribution < -0.4 is 4.74 Å². The van der Waals surface area contributed by atoms with Gasteiger partial charge in [-0.15, -0.1) is 11.3 Å². The molecule has 0 aliphatic carbocycles. The molecule has 0 aliphatic rings. The van der Waals surface area contributed by atoms with Crippen LogP contribution in [0.15, 0.2) is 70.6 Å². The van der Waals surface area contributed by atoms with Crippen molar-refractivity contribution in [1.82, 2.24) is 10.1 Å². The normalized spacial score (nSPS) is 10.7. The average Bonchev–Trinajstić information content (AvgIpc) is 3.40. The van der Waals surface area contributed by atoms with Gasteiger partial charge in [-0.25, -0.2) is 9.78 Å². The van der Waals surface area contributed by atoms with Gasteiger partial charge in [0.25, 0.3) is 0 Å². The van der Waals surface area contributed by atoms with Crippen LogP contribution >= 0.6 is 11.3 Å². The van der Waals surface area contributed by atoms with Crippen molar-refractivity contribution in [1.29, 1.82) is 0 Å². The molecule has 2 heterocycles. The highest BCUT2D eigenvalue weighted by Crippen LogP contribution is 2.20. The van der Waals surface area contributed by atoms with Crippen molar-refractivity contribution in [2.45, 2.75) is 20.1 Å². The summed E-state index contributed by atoms with van der Waals surface area (Å²) in [6.45, 7) is 2.36. The SMILES string of the molecule is Cc1nc(COc2ccc(C(=O)OCc3cc(-c4ccccc4)no3)cc2)cs1. The van der Waals surface area contributed by atoms with Gasteiger partial charge < -0.3 is 14.0 Å². The van der Waals surface area contributed by atoms with E-state index in [1.807, 2.05) is 42.6 Å². The summed E-state index contributed by atoms with van der Waals surface area (Å²) in [6, 6.07) is 18.2. The number of carbonyl (C=O) groups excluding carboxylic acids is 1. The standard InChI is InChI=1S/C22H18N2O4S/c1-15-23-18(14-29-15)12-26-19-9-7-17(8-10-19)22(25)27-13-20-11-21(24-28-20)16-5-3-2-4-6-16/h2-11,14H,12-13H2,1H3. The summed E-state index contributed by atoms with van der Waals surface area (Å²) in [5.74, 6) is 0.704. The van der Waals surface area contributed by atoms with E-state index in [4.69, 9.17) is 14.0 Å². The first kappa shape index (κ1) is 18.9. The maximum absolute atomic E-state index is 12.3. The van der Waals surface area contributed by atoms with Gasteiger partial charge in [0.2, 0.25) is 0 Å². The van der Waals surface area contributed by atoms with Gasteiger partial charge in [0, 0.05) is 17.0 Å². The molecule has 2 aromatic carbocycles. The second-order valence-electron chi connectivity index (χ2n) is 6.29. The second-order valence-corrected chi connectivity index (χ2v) is 7.35. The topological polar surface area (TPSA) is 74.5 Å². The fraction of sp³-hybridized carbons (Fsp3) is 0.136. The van der Waals surface area contributed by atoms with Gasteiger partial charge in [-0.05, 0) is 31.2 Å². The molecule has 29 heavy (non-hydrogen) atoms. The minimum Gasteiger partial charge on any atom is -0.487 e. The molecule has 4 aromatic rings. The predicted octanol–water partition coefficient (Wildman–Crippen LogP) is 5.04. The molecule has 0 spiro atoms. The average molecular weight is 406 g/mol. The van der Waals surface area contributed by atoms with E-state index in [2.05, 4.69) is 10.1 Å². The summed E-state index contributed by atoms with van der Waals surface area (Å²) >= 11 is 1.59. The van der Waals surface area contributed by atoms with Crippen LogP contribution in [0.25, 0.3) is 11.3 Å². The Bertz CT molecular complexity index is 1090. The maximum Gasteiger partial charge on any atom is 0.338 e. The lowest BCUT2D eigenvalue weighted by atomic mass is 10.1. The number of esters is 1. The lowest BCUT2D eigenvalue weighted by Crippen LogP contribution is -2.05. The van der Waals surface area contributed by atoms with Crippen LogP contribution in [-0.2, 0) is 18.0 Å². The molecule has 6 nitrogen and oxygen atoms in total. The molecule has 0 amide bonds. The van der Waals surface area contributed by atoms with Gasteiger partial charge in [0.05, 0.1) is 16.3 Å². The number of aryl methyl sites for hydroxylation is 1. The van der Waals surface area contributed by atoms with Crippen LogP contribution in [0.5, 0.6) is 5.75 Å². The Labute approximate surface area is 171 Å². The second kappa shape index (κ2) is 8.70. The molecule has 0 aliphatic heterocycles. The molecule has 0 fully saturated rings. The third-order valence-corrected chi connectivity index (χ3v) is 4.94. The summed E-state index contributed by atoms with van der Waals surface area (Å²) in [5.41, 5.74) is 2.97. The fourth-order valence-corrected chi connectivity index (χ4v) is 3.26. The van der Waals surface area contributed by atoms with Gasteiger partial charge in [0.1, 0.15) is 18.1 Å². The number of benzene rings is 2. The smallest absolute Gasteiger partial charge is 0.338 e. The van der Waals surface area contributed by atoms with Crippen molar-refractivity contribution in [3.8, 4) is 17.0 Å². The van der Waals surface area contributed by atoms with E-state index in [-0.39, 0.29) is 6.61 Å². The molecule has 0 bridgehead atoms. The number of carbonyl (C=O) groups is 1. The molecule has 4 rings (SSSR count). The molecule has 146 valence electrons. The predicted molar refractivity (Wildman–Crippen MR) is 109 cm³/mol. The molecule has 7 heteroatoms. The highest BCUT2D eigenvalue weighted by molar-refractivity contribution is 7.09. The van der Waals surface area contributed by atoms with Crippen molar-refractivity contribution in [2.24, 2.45) is 0 Å². The van der Waals surface area contributed by atoms with Gasteiger partial charge >= 0.3 is 5.97 Å². The number of nitrogens with zero attached hydrogens (tertiary/aromatic N) is 2. The fourth-order valence-electron chi connectivity index (χ4n) is 2.67. The molecule has 0 saturated heterocycles. The lowest BCUT2D eigenvalue weighted by molar-refractivity contribution is 0.0437. The van der Waals surface area contributed by atoms with Crippen LogP contribution in [0.4, 0.5) is 0 Å². The number of aromatic nitrogens is 2. The van der Waals surface area contributed by atoms with Gasteiger partial charge in [-0.2, -0.15) is 0 Å². The Morgan fingerprint density at radius 3 is 2.59 bits per heavy atom. The molecule has 0 atom stereocenters. The number of thiazole rings is 1. The first-order chi connectivity index (χ1) is 14.2. The first-order valence-electron chi connectivity index (χ1n) is 8.99. The Morgan fingerprint density at radius 1 is 1.07 bits per heavy atom. The van der Waals surface area contributed by atoms with Crippen LogP contribution in [0.1, 0.15) is 26.8 Å². The first-order valence-corrected chi connectivity index (χ1v) is 9.87. The number of rotatable bonds is 7. The molecular formula is C22H18N2O4S. The molecule has 0 N–H and O–H groups in total. The van der Waals surface area contributed by atoms with Gasteiger partial charge in [-0.1, -0.05) is 35.5 Å². The molecule has 2 aromatic heterocycles. The summed E-state index contributed by atoms with van der Waals surface area (Å²) in [4.78, 5) is 16.6. The largest absolute Gasteiger partial charge is 0.487 e. The minimum absolute atomic E-state index is 0.0140. The molecule has 0 radical (unpaired) electrons. The van der Waals surface area contributed by atoms with Gasteiger partial charge in [0.15, 0.2) is 12.4 Å². The molecular weight excluding hydrogens is 388 g/mol. The highest BCUT2D eigenvalue weighted by Gasteiger charge is 2.11. The van der Waals surface area contributed by atoms with E-state index in [0.29, 0.717) is 29.4 Å². The summed E-state index contributed by atoms with van der Waals surface area (Å²) < 4.78 is 16.2. The Morgan fingerprint density at radius 2 is 1.86 bits per heavy atom. The van der Waals surface area contributed by atoms with Crippen molar-refractivity contribution in [2.75, 3.05) is 0 Å². The number of ether oxygens (including phenoxy) is 2.